The highest BCUT2D eigenvalue weighted by molar-refractivity contribution is 9.10. The van der Waals surface area contributed by atoms with Gasteiger partial charge in [-0.1, -0.05) is 6.92 Å². The van der Waals surface area contributed by atoms with Crippen molar-refractivity contribution in [2.45, 2.75) is 37.0 Å². The normalized spacial score (nSPS) is 10.8. The molecule has 0 aromatic carbocycles. The van der Waals surface area contributed by atoms with Crippen molar-refractivity contribution in [2.24, 2.45) is 0 Å². The van der Waals surface area contributed by atoms with Crippen molar-refractivity contribution >= 4 is 33.6 Å². The fraction of sp³-hybridized carbons (Fsp3) is 0.455. The molecular weight excluding hydrogens is 344 g/mol. The Morgan fingerprint density at radius 3 is 3.00 bits per heavy atom. The SMILES string of the molecule is CCCn1c(Sc2nc(NCC)ncc2Br)n[nH]c1=O. The lowest BCUT2D eigenvalue weighted by Crippen LogP contribution is -2.17. The Morgan fingerprint density at radius 2 is 2.30 bits per heavy atom. The zero-order valence-corrected chi connectivity index (χ0v) is 13.6. The Kier molecular flexibility index (Phi) is 5.18. The molecular formula is C11H15BrN6OS. The second-order valence-corrected chi connectivity index (χ2v) is 5.75. The van der Waals surface area contributed by atoms with Crippen LogP contribution >= 0.6 is 27.7 Å². The first-order valence-electron chi connectivity index (χ1n) is 6.25. The minimum absolute atomic E-state index is 0.202. The van der Waals surface area contributed by atoms with Gasteiger partial charge in [-0.3, -0.25) is 4.57 Å². The van der Waals surface area contributed by atoms with Crippen molar-refractivity contribution in [3.63, 3.8) is 0 Å². The van der Waals surface area contributed by atoms with E-state index >= 15 is 0 Å². The second kappa shape index (κ2) is 6.89. The van der Waals surface area contributed by atoms with Crippen LogP contribution in [0.15, 0.2) is 25.6 Å². The molecule has 0 bridgehead atoms. The Balaban J connectivity index is 2.29. The molecule has 2 rings (SSSR count). The molecule has 0 saturated heterocycles. The van der Waals surface area contributed by atoms with Crippen LogP contribution in [0, 0.1) is 0 Å². The van der Waals surface area contributed by atoms with Crippen molar-refractivity contribution in [1.29, 1.82) is 0 Å². The number of nitrogens with zero attached hydrogens (tertiary/aromatic N) is 4. The summed E-state index contributed by atoms with van der Waals surface area (Å²) in [7, 11) is 0. The van der Waals surface area contributed by atoms with Crippen molar-refractivity contribution in [2.75, 3.05) is 11.9 Å². The molecule has 0 spiro atoms. The van der Waals surface area contributed by atoms with E-state index in [9.17, 15) is 4.79 Å². The molecule has 20 heavy (non-hydrogen) atoms. The van der Waals surface area contributed by atoms with E-state index < -0.39 is 0 Å². The molecule has 0 atom stereocenters. The zero-order valence-electron chi connectivity index (χ0n) is 11.2. The van der Waals surface area contributed by atoms with Gasteiger partial charge in [-0.05, 0) is 41.0 Å². The molecule has 2 aromatic heterocycles. The van der Waals surface area contributed by atoms with Gasteiger partial charge in [-0.15, -0.1) is 5.10 Å². The van der Waals surface area contributed by atoms with Crippen LogP contribution in [0.4, 0.5) is 5.95 Å². The first-order chi connectivity index (χ1) is 9.65. The molecule has 0 saturated carbocycles. The van der Waals surface area contributed by atoms with Gasteiger partial charge in [0.1, 0.15) is 5.03 Å². The molecule has 0 aliphatic heterocycles. The molecule has 0 unspecified atom stereocenters. The van der Waals surface area contributed by atoms with Gasteiger partial charge < -0.3 is 5.32 Å². The monoisotopic (exact) mass is 358 g/mol. The van der Waals surface area contributed by atoms with Crippen LogP contribution in [0.25, 0.3) is 0 Å². The second-order valence-electron chi connectivity index (χ2n) is 3.94. The number of nitrogens with one attached hydrogen (secondary N) is 2. The Bertz CT molecular complexity index is 640. The molecule has 2 aromatic rings. The van der Waals surface area contributed by atoms with Crippen LogP contribution in [0.3, 0.4) is 0 Å². The summed E-state index contributed by atoms with van der Waals surface area (Å²) < 4.78 is 2.37. The van der Waals surface area contributed by atoms with E-state index in [1.165, 1.54) is 11.8 Å². The zero-order chi connectivity index (χ0) is 14.5. The predicted molar refractivity (Wildman–Crippen MR) is 81.2 cm³/mol. The molecule has 0 fully saturated rings. The van der Waals surface area contributed by atoms with E-state index in [0.29, 0.717) is 22.7 Å². The lowest BCUT2D eigenvalue weighted by Gasteiger charge is -2.06. The number of anilines is 1. The number of aromatic nitrogens is 5. The average molecular weight is 359 g/mol. The largest absolute Gasteiger partial charge is 0.354 e. The third kappa shape index (κ3) is 3.40. The van der Waals surface area contributed by atoms with E-state index in [4.69, 9.17) is 0 Å². The summed E-state index contributed by atoms with van der Waals surface area (Å²) in [6, 6.07) is 0. The summed E-state index contributed by atoms with van der Waals surface area (Å²) in [5, 5.41) is 10.9. The van der Waals surface area contributed by atoms with E-state index in [-0.39, 0.29) is 5.69 Å². The van der Waals surface area contributed by atoms with Crippen LogP contribution in [0.2, 0.25) is 0 Å². The summed E-state index contributed by atoms with van der Waals surface area (Å²) in [6.45, 7) is 5.36. The van der Waals surface area contributed by atoms with Gasteiger partial charge in [0.05, 0.1) is 4.47 Å². The summed E-state index contributed by atoms with van der Waals surface area (Å²) in [5.41, 5.74) is -0.202. The number of aromatic amines is 1. The number of hydrogen-bond donors (Lipinski definition) is 2. The smallest absolute Gasteiger partial charge is 0.343 e. The standard InChI is InChI=1S/C11H15BrN6OS/c1-3-5-18-10(19)16-17-11(18)20-8-7(12)6-14-9(15-8)13-4-2/h6H,3-5H2,1-2H3,(H,16,19)(H,13,14,15). The highest BCUT2D eigenvalue weighted by Crippen LogP contribution is 2.30. The maximum absolute atomic E-state index is 11.6. The molecule has 108 valence electrons. The van der Waals surface area contributed by atoms with Crippen LogP contribution in [0.5, 0.6) is 0 Å². The summed E-state index contributed by atoms with van der Waals surface area (Å²) in [6.07, 6.45) is 2.54. The van der Waals surface area contributed by atoms with Crippen molar-refractivity contribution in [3.8, 4) is 0 Å². The topological polar surface area (TPSA) is 88.5 Å². The maximum Gasteiger partial charge on any atom is 0.343 e. The molecule has 0 radical (unpaired) electrons. The van der Waals surface area contributed by atoms with Gasteiger partial charge in [-0.25, -0.2) is 19.9 Å². The van der Waals surface area contributed by atoms with E-state index in [1.54, 1.807) is 10.8 Å². The third-order valence-corrected chi connectivity index (χ3v) is 4.25. The van der Waals surface area contributed by atoms with Crippen LogP contribution in [0.1, 0.15) is 20.3 Å². The quantitative estimate of drug-likeness (QED) is 0.768. The molecule has 7 nitrogen and oxygen atoms in total. The maximum atomic E-state index is 11.6. The molecule has 0 aliphatic rings. The van der Waals surface area contributed by atoms with Crippen LogP contribution in [-0.2, 0) is 6.54 Å². The first-order valence-corrected chi connectivity index (χ1v) is 7.86. The van der Waals surface area contributed by atoms with Gasteiger partial charge in [0.25, 0.3) is 0 Å². The molecule has 2 heterocycles. The van der Waals surface area contributed by atoms with E-state index in [2.05, 4.69) is 41.4 Å². The van der Waals surface area contributed by atoms with Crippen molar-refractivity contribution in [3.05, 3.63) is 21.2 Å². The highest BCUT2D eigenvalue weighted by atomic mass is 79.9. The summed E-state index contributed by atoms with van der Waals surface area (Å²) in [4.78, 5) is 20.2. The molecule has 0 amide bonds. The van der Waals surface area contributed by atoms with Crippen LogP contribution in [-0.4, -0.2) is 31.3 Å². The lowest BCUT2D eigenvalue weighted by molar-refractivity contribution is 0.603. The lowest BCUT2D eigenvalue weighted by atomic mass is 10.5. The van der Waals surface area contributed by atoms with Gasteiger partial charge in [-0.2, -0.15) is 0 Å². The molecule has 9 heteroatoms. The van der Waals surface area contributed by atoms with Gasteiger partial charge in [0.15, 0.2) is 5.16 Å². The Morgan fingerprint density at radius 1 is 1.50 bits per heavy atom. The number of H-pyrrole nitrogens is 1. The van der Waals surface area contributed by atoms with Gasteiger partial charge >= 0.3 is 5.69 Å². The van der Waals surface area contributed by atoms with Crippen molar-refractivity contribution in [1.82, 2.24) is 24.7 Å². The number of hydrogen-bond acceptors (Lipinski definition) is 6. The predicted octanol–water partition coefficient (Wildman–Crippen LogP) is 2.12. The Labute approximate surface area is 128 Å². The van der Waals surface area contributed by atoms with Gasteiger partial charge in [0.2, 0.25) is 5.95 Å². The van der Waals surface area contributed by atoms with Gasteiger partial charge in [0, 0.05) is 19.3 Å². The van der Waals surface area contributed by atoms with E-state index in [0.717, 1.165) is 17.4 Å². The fourth-order valence-corrected chi connectivity index (χ4v) is 2.82. The highest BCUT2D eigenvalue weighted by Gasteiger charge is 2.13. The minimum Gasteiger partial charge on any atom is -0.354 e. The van der Waals surface area contributed by atoms with Crippen molar-refractivity contribution < 1.29 is 0 Å². The van der Waals surface area contributed by atoms with Crippen LogP contribution < -0.4 is 11.0 Å². The molecule has 0 aliphatic carbocycles. The summed E-state index contributed by atoms with van der Waals surface area (Å²) >= 11 is 4.73. The summed E-state index contributed by atoms with van der Waals surface area (Å²) in [5.74, 6) is 0.554. The first kappa shape index (κ1) is 15.0. The van der Waals surface area contributed by atoms with E-state index in [1.807, 2.05) is 13.8 Å². The fourth-order valence-electron chi connectivity index (χ4n) is 1.55. The minimum atomic E-state index is -0.202. The average Bonchev–Trinajstić information content (AvgIpc) is 2.76. The molecule has 2 N–H and O–H groups in total. The number of halogens is 1. The Hall–Kier alpha value is -1.35. The number of rotatable bonds is 6. The third-order valence-electron chi connectivity index (χ3n) is 2.41.